The molecule has 0 saturated heterocycles. The lowest BCUT2D eigenvalue weighted by atomic mass is 9.79. The van der Waals surface area contributed by atoms with Gasteiger partial charge in [-0.15, -0.1) is 6.58 Å². The topological polar surface area (TPSA) is 61.8 Å². The predicted octanol–water partition coefficient (Wildman–Crippen LogP) is 2.10. The van der Waals surface area contributed by atoms with Gasteiger partial charge < -0.3 is 14.2 Å². The first kappa shape index (κ1) is 17.6. The van der Waals surface area contributed by atoms with E-state index in [0.29, 0.717) is 6.61 Å². The quantitative estimate of drug-likeness (QED) is 0.365. The highest BCUT2D eigenvalue weighted by Gasteiger charge is 2.53. The fourth-order valence-electron chi connectivity index (χ4n) is 1.89. The molecule has 0 aromatic rings. The minimum atomic E-state index is -1.48. The Hall–Kier alpha value is -1.36. The van der Waals surface area contributed by atoms with Crippen LogP contribution in [-0.2, 0) is 23.8 Å². The minimum Gasteiger partial charge on any atom is -0.465 e. The van der Waals surface area contributed by atoms with Gasteiger partial charge >= 0.3 is 11.9 Å². The van der Waals surface area contributed by atoms with Gasteiger partial charge in [0.1, 0.15) is 0 Å². The van der Waals surface area contributed by atoms with Crippen molar-refractivity contribution >= 4 is 11.9 Å². The van der Waals surface area contributed by atoms with Crippen molar-refractivity contribution in [1.82, 2.24) is 0 Å². The number of hydrogen-bond acceptors (Lipinski definition) is 5. The van der Waals surface area contributed by atoms with E-state index in [-0.39, 0.29) is 19.6 Å². The van der Waals surface area contributed by atoms with Gasteiger partial charge in [-0.2, -0.15) is 0 Å². The largest absolute Gasteiger partial charge is 0.465 e. The van der Waals surface area contributed by atoms with Crippen LogP contribution in [0, 0.1) is 5.41 Å². The summed E-state index contributed by atoms with van der Waals surface area (Å²) in [7, 11) is 0. The number of carbonyl (C=O) groups is 2. The number of hydrogen-bond donors (Lipinski definition) is 0. The molecule has 0 aliphatic heterocycles. The van der Waals surface area contributed by atoms with Gasteiger partial charge in [-0.1, -0.05) is 6.08 Å². The summed E-state index contributed by atoms with van der Waals surface area (Å²) in [5, 5.41) is 0. The highest BCUT2D eigenvalue weighted by molar-refractivity contribution is 6.01. The van der Waals surface area contributed by atoms with Crippen LogP contribution < -0.4 is 0 Å². The summed E-state index contributed by atoms with van der Waals surface area (Å²) in [6, 6.07) is 0. The van der Waals surface area contributed by atoms with Crippen LogP contribution in [0.3, 0.4) is 0 Å². The number of esters is 2. The minimum absolute atomic E-state index is 0.117. The Morgan fingerprint density at radius 3 is 1.89 bits per heavy atom. The molecule has 0 rings (SSSR count). The van der Waals surface area contributed by atoms with Crippen molar-refractivity contribution in [2.45, 2.75) is 40.2 Å². The van der Waals surface area contributed by atoms with Crippen molar-refractivity contribution in [1.29, 1.82) is 0 Å². The standard InChI is InChI=1S/C14H24O5/c1-6-10-14(11(5)17-7-2,12(15)18-8-3)13(16)19-9-4/h6,11H,1,7-10H2,2-5H3. The molecule has 19 heavy (non-hydrogen) atoms. The second-order valence-electron chi connectivity index (χ2n) is 4.00. The van der Waals surface area contributed by atoms with Crippen LogP contribution in [0.25, 0.3) is 0 Å². The monoisotopic (exact) mass is 272 g/mol. The molecule has 0 aromatic heterocycles. The number of ether oxygens (including phenoxy) is 3. The van der Waals surface area contributed by atoms with Gasteiger partial charge in [0.2, 0.25) is 0 Å². The SMILES string of the molecule is C=CCC(C(=O)OCC)(C(=O)OCC)C(C)OCC. The Kier molecular flexibility index (Phi) is 8.07. The van der Waals surface area contributed by atoms with Gasteiger partial charge in [0.15, 0.2) is 5.41 Å². The van der Waals surface area contributed by atoms with Crippen LogP contribution >= 0.6 is 0 Å². The van der Waals surface area contributed by atoms with E-state index >= 15 is 0 Å². The third-order valence-electron chi connectivity index (χ3n) is 2.86. The van der Waals surface area contributed by atoms with E-state index in [1.165, 1.54) is 6.08 Å². The average molecular weight is 272 g/mol. The summed E-state index contributed by atoms with van der Waals surface area (Å²) in [6.45, 7) is 11.2. The van der Waals surface area contributed by atoms with Crippen molar-refractivity contribution in [2.75, 3.05) is 19.8 Å². The molecular weight excluding hydrogens is 248 g/mol. The van der Waals surface area contributed by atoms with E-state index in [1.807, 2.05) is 0 Å². The van der Waals surface area contributed by atoms with Crippen molar-refractivity contribution < 1.29 is 23.8 Å². The van der Waals surface area contributed by atoms with Gasteiger partial charge in [-0.3, -0.25) is 9.59 Å². The van der Waals surface area contributed by atoms with Crippen molar-refractivity contribution in [3.05, 3.63) is 12.7 Å². The summed E-state index contributed by atoms with van der Waals surface area (Å²) in [6.07, 6.45) is 0.975. The smallest absolute Gasteiger partial charge is 0.326 e. The molecule has 0 amide bonds. The fourth-order valence-corrected chi connectivity index (χ4v) is 1.89. The first-order valence-electron chi connectivity index (χ1n) is 6.58. The van der Waals surface area contributed by atoms with Crippen LogP contribution in [0.4, 0.5) is 0 Å². The predicted molar refractivity (Wildman–Crippen MR) is 71.6 cm³/mol. The second kappa shape index (κ2) is 8.69. The van der Waals surface area contributed by atoms with Crippen LogP contribution in [0.15, 0.2) is 12.7 Å². The lowest BCUT2D eigenvalue weighted by Crippen LogP contribution is -2.50. The number of rotatable bonds is 9. The van der Waals surface area contributed by atoms with E-state index in [1.54, 1.807) is 27.7 Å². The number of carbonyl (C=O) groups excluding carboxylic acids is 2. The van der Waals surface area contributed by atoms with E-state index in [9.17, 15) is 9.59 Å². The Labute approximate surface area is 114 Å². The Morgan fingerprint density at radius 2 is 1.58 bits per heavy atom. The molecule has 0 saturated carbocycles. The molecule has 0 heterocycles. The number of allylic oxidation sites excluding steroid dienone is 1. The summed E-state index contributed by atoms with van der Waals surface area (Å²) in [5.41, 5.74) is -1.48. The maximum Gasteiger partial charge on any atom is 0.326 e. The molecule has 0 aliphatic rings. The zero-order chi connectivity index (χ0) is 14.9. The molecule has 5 nitrogen and oxygen atoms in total. The molecule has 0 fully saturated rings. The summed E-state index contributed by atoms with van der Waals surface area (Å²) in [4.78, 5) is 24.5. The highest BCUT2D eigenvalue weighted by atomic mass is 16.6. The molecular formula is C14H24O5. The van der Waals surface area contributed by atoms with E-state index in [2.05, 4.69) is 6.58 Å². The van der Waals surface area contributed by atoms with Gasteiger partial charge in [0, 0.05) is 6.61 Å². The normalized spacial score (nSPS) is 12.6. The second-order valence-corrected chi connectivity index (χ2v) is 4.00. The van der Waals surface area contributed by atoms with Gasteiger partial charge in [-0.05, 0) is 34.1 Å². The van der Waals surface area contributed by atoms with Crippen molar-refractivity contribution in [3.8, 4) is 0 Å². The molecule has 1 atom stereocenters. The van der Waals surface area contributed by atoms with E-state index < -0.39 is 23.5 Å². The highest BCUT2D eigenvalue weighted by Crippen LogP contribution is 2.33. The average Bonchev–Trinajstić information content (AvgIpc) is 2.36. The first-order valence-corrected chi connectivity index (χ1v) is 6.58. The molecule has 0 aromatic carbocycles. The molecule has 1 unspecified atom stereocenters. The molecule has 110 valence electrons. The van der Waals surface area contributed by atoms with Gasteiger partial charge in [0.25, 0.3) is 0 Å². The lowest BCUT2D eigenvalue weighted by molar-refractivity contribution is -0.183. The molecule has 0 bridgehead atoms. The summed E-state index contributed by atoms with van der Waals surface area (Å²) in [5.74, 6) is -1.26. The van der Waals surface area contributed by atoms with Crippen LogP contribution in [0.2, 0.25) is 0 Å². The molecule has 0 radical (unpaired) electrons. The maximum atomic E-state index is 12.2. The van der Waals surface area contributed by atoms with E-state index in [0.717, 1.165) is 0 Å². The van der Waals surface area contributed by atoms with Gasteiger partial charge in [-0.25, -0.2) is 0 Å². The lowest BCUT2D eigenvalue weighted by Gasteiger charge is -2.33. The van der Waals surface area contributed by atoms with Crippen LogP contribution in [0.1, 0.15) is 34.1 Å². The summed E-state index contributed by atoms with van der Waals surface area (Å²) < 4.78 is 15.5. The zero-order valence-electron chi connectivity index (χ0n) is 12.2. The Morgan fingerprint density at radius 1 is 1.11 bits per heavy atom. The third-order valence-corrected chi connectivity index (χ3v) is 2.86. The molecule has 0 aliphatic carbocycles. The van der Waals surface area contributed by atoms with Crippen molar-refractivity contribution in [3.63, 3.8) is 0 Å². The summed E-state index contributed by atoms with van der Waals surface area (Å²) >= 11 is 0. The molecule has 0 spiro atoms. The van der Waals surface area contributed by atoms with Crippen LogP contribution in [-0.4, -0.2) is 37.9 Å². The van der Waals surface area contributed by atoms with E-state index in [4.69, 9.17) is 14.2 Å². The Balaban J connectivity index is 5.50. The molecule has 5 heteroatoms. The maximum absolute atomic E-state index is 12.2. The fraction of sp³-hybridized carbons (Fsp3) is 0.714. The third kappa shape index (κ3) is 4.06. The molecule has 0 N–H and O–H groups in total. The van der Waals surface area contributed by atoms with Crippen LogP contribution in [0.5, 0.6) is 0 Å². The van der Waals surface area contributed by atoms with Crippen molar-refractivity contribution in [2.24, 2.45) is 5.41 Å². The first-order chi connectivity index (χ1) is 9.00. The zero-order valence-corrected chi connectivity index (χ0v) is 12.2. The van der Waals surface area contributed by atoms with Gasteiger partial charge in [0.05, 0.1) is 19.3 Å². The Bertz CT molecular complexity index is 293.